The number of rotatable bonds is 3. The summed E-state index contributed by atoms with van der Waals surface area (Å²) >= 11 is 6.35. The van der Waals surface area contributed by atoms with Gasteiger partial charge in [-0.3, -0.25) is 9.59 Å². The number of hydrogen-bond acceptors (Lipinski definition) is 4. The van der Waals surface area contributed by atoms with Gasteiger partial charge in [0.15, 0.2) is 6.10 Å². The number of Topliss-reactive ketones (excluding diaryl/α,β-unsaturated/α-hetero) is 1. The maximum absolute atomic E-state index is 12.6. The molecule has 0 N–H and O–H groups in total. The van der Waals surface area contributed by atoms with E-state index in [4.69, 9.17) is 21.1 Å². The Bertz CT molecular complexity index is 888. The van der Waals surface area contributed by atoms with Crippen LogP contribution in [-0.4, -0.2) is 49.0 Å². The van der Waals surface area contributed by atoms with Crippen LogP contribution in [0.2, 0.25) is 5.02 Å². The highest BCUT2D eigenvalue weighted by molar-refractivity contribution is 6.33. The molecule has 2 aromatic rings. The van der Waals surface area contributed by atoms with Crippen molar-refractivity contribution in [1.29, 1.82) is 0 Å². The Kier molecular flexibility index (Phi) is 4.89. The molecule has 2 heterocycles. The zero-order valence-corrected chi connectivity index (χ0v) is 15.8. The molecule has 1 fully saturated rings. The van der Waals surface area contributed by atoms with Crippen LogP contribution >= 0.6 is 11.6 Å². The third-order valence-corrected chi connectivity index (χ3v) is 5.28. The van der Waals surface area contributed by atoms with Gasteiger partial charge in [-0.2, -0.15) is 0 Å². The Morgan fingerprint density at radius 3 is 2.52 bits per heavy atom. The lowest BCUT2D eigenvalue weighted by Crippen LogP contribution is -2.40. The molecule has 0 spiro atoms. The predicted octanol–water partition coefficient (Wildman–Crippen LogP) is 3.83. The van der Waals surface area contributed by atoms with Gasteiger partial charge in [0, 0.05) is 18.7 Å². The molecule has 2 aliphatic rings. The lowest BCUT2D eigenvalue weighted by molar-refractivity contribution is 0.0303. The van der Waals surface area contributed by atoms with E-state index in [2.05, 4.69) is 0 Å². The Morgan fingerprint density at radius 2 is 1.85 bits per heavy atom. The summed E-state index contributed by atoms with van der Waals surface area (Å²) in [6.07, 6.45) is 0.151. The van der Waals surface area contributed by atoms with E-state index in [9.17, 15) is 9.59 Å². The molecule has 1 atom stereocenters. The van der Waals surface area contributed by atoms with Gasteiger partial charge in [-0.25, -0.2) is 0 Å². The van der Waals surface area contributed by atoms with E-state index in [1.54, 1.807) is 23.1 Å². The summed E-state index contributed by atoms with van der Waals surface area (Å²) < 4.78 is 11.0. The highest BCUT2D eigenvalue weighted by Crippen LogP contribution is 2.40. The Morgan fingerprint density at radius 1 is 1.15 bits per heavy atom. The quantitative estimate of drug-likeness (QED) is 0.805. The topological polar surface area (TPSA) is 55.8 Å². The number of hydrogen-bond donors (Lipinski definition) is 0. The van der Waals surface area contributed by atoms with Crippen molar-refractivity contribution in [3.05, 3.63) is 52.5 Å². The van der Waals surface area contributed by atoms with Crippen LogP contribution < -0.4 is 4.74 Å². The van der Waals surface area contributed by atoms with E-state index in [1.807, 2.05) is 25.1 Å². The second-order valence-electron chi connectivity index (χ2n) is 6.70. The molecular formula is C21H20ClNO4. The average molecular weight is 386 g/mol. The molecule has 1 unspecified atom stereocenters. The fourth-order valence-electron chi connectivity index (χ4n) is 3.46. The molecule has 6 heteroatoms. The smallest absolute Gasteiger partial charge is 0.254 e. The van der Waals surface area contributed by atoms with Crippen molar-refractivity contribution in [2.24, 2.45) is 0 Å². The molecule has 0 radical (unpaired) electrons. The number of carbonyl (C=O) groups excluding carboxylic acids is 2. The molecule has 1 amide bonds. The number of ketones is 1. The molecule has 1 saturated heterocycles. The average Bonchev–Trinajstić information content (AvgIpc) is 3.05. The van der Waals surface area contributed by atoms with Gasteiger partial charge in [0.2, 0.25) is 5.78 Å². The van der Waals surface area contributed by atoms with Crippen molar-refractivity contribution in [1.82, 2.24) is 4.90 Å². The van der Waals surface area contributed by atoms with E-state index in [1.165, 1.54) is 0 Å². The van der Waals surface area contributed by atoms with Crippen molar-refractivity contribution in [3.63, 3.8) is 0 Å². The number of ether oxygens (including phenoxy) is 2. The van der Waals surface area contributed by atoms with Crippen LogP contribution in [0, 0.1) is 0 Å². The van der Waals surface area contributed by atoms with Crippen LogP contribution in [0.5, 0.6) is 5.75 Å². The molecule has 4 rings (SSSR count). The predicted molar refractivity (Wildman–Crippen MR) is 103 cm³/mol. The molecule has 0 aromatic heterocycles. The summed E-state index contributed by atoms with van der Waals surface area (Å²) in [5.74, 6) is 0.443. The Labute approximate surface area is 162 Å². The van der Waals surface area contributed by atoms with E-state index < -0.39 is 6.10 Å². The normalized spacial score (nSPS) is 19.0. The summed E-state index contributed by atoms with van der Waals surface area (Å²) in [5, 5.41) is 0.431. The lowest BCUT2D eigenvalue weighted by Gasteiger charge is -2.26. The number of benzene rings is 2. The summed E-state index contributed by atoms with van der Waals surface area (Å²) in [6.45, 7) is 4.29. The van der Waals surface area contributed by atoms with Crippen LogP contribution in [0.15, 0.2) is 36.4 Å². The summed E-state index contributed by atoms with van der Waals surface area (Å²) in [5.41, 5.74) is 2.89. The van der Waals surface area contributed by atoms with Crippen molar-refractivity contribution >= 4 is 23.3 Å². The fourth-order valence-corrected chi connectivity index (χ4v) is 3.72. The Hall–Kier alpha value is -2.37. The van der Waals surface area contributed by atoms with Gasteiger partial charge < -0.3 is 14.4 Å². The third-order valence-electron chi connectivity index (χ3n) is 5.00. The van der Waals surface area contributed by atoms with E-state index in [0.29, 0.717) is 54.6 Å². The van der Waals surface area contributed by atoms with E-state index in [0.717, 1.165) is 11.1 Å². The molecule has 5 nitrogen and oxygen atoms in total. The number of morpholine rings is 1. The first-order chi connectivity index (χ1) is 13.1. The third kappa shape index (κ3) is 3.33. The van der Waals surface area contributed by atoms with Gasteiger partial charge in [-0.15, -0.1) is 0 Å². The second kappa shape index (κ2) is 7.33. The number of carbonyl (C=O) groups is 2. The minimum Gasteiger partial charge on any atom is -0.480 e. The van der Waals surface area contributed by atoms with Gasteiger partial charge in [-0.05, 0) is 41.8 Å². The molecule has 2 aromatic carbocycles. The first kappa shape index (κ1) is 18.0. The zero-order chi connectivity index (χ0) is 19.0. The minimum absolute atomic E-state index is 0.00574. The molecule has 0 bridgehead atoms. The van der Waals surface area contributed by atoms with Crippen LogP contribution in [0.3, 0.4) is 0 Å². The van der Waals surface area contributed by atoms with Gasteiger partial charge in [-0.1, -0.05) is 30.7 Å². The zero-order valence-electron chi connectivity index (χ0n) is 15.0. The van der Waals surface area contributed by atoms with Crippen LogP contribution in [0.1, 0.15) is 34.1 Å². The van der Waals surface area contributed by atoms with Gasteiger partial charge in [0.25, 0.3) is 5.91 Å². The van der Waals surface area contributed by atoms with Gasteiger partial charge in [0.05, 0.1) is 23.8 Å². The molecule has 27 heavy (non-hydrogen) atoms. The SMILES string of the molecule is CCC1Oc2c(Cl)cc(-c3ccc(C(=O)N4CCOCC4)cc3)cc2C1=O. The maximum atomic E-state index is 12.6. The fraction of sp³-hybridized carbons (Fsp3) is 0.333. The van der Waals surface area contributed by atoms with Gasteiger partial charge >= 0.3 is 0 Å². The van der Waals surface area contributed by atoms with Crippen molar-refractivity contribution in [3.8, 4) is 16.9 Å². The van der Waals surface area contributed by atoms with Crippen molar-refractivity contribution < 1.29 is 19.1 Å². The Balaban J connectivity index is 1.60. The molecule has 2 aliphatic heterocycles. The second-order valence-corrected chi connectivity index (χ2v) is 7.10. The lowest BCUT2D eigenvalue weighted by atomic mass is 9.98. The minimum atomic E-state index is -0.457. The van der Waals surface area contributed by atoms with E-state index >= 15 is 0 Å². The van der Waals surface area contributed by atoms with Crippen molar-refractivity contribution in [2.45, 2.75) is 19.4 Å². The number of fused-ring (bicyclic) bond motifs is 1. The molecule has 140 valence electrons. The monoisotopic (exact) mass is 385 g/mol. The summed E-state index contributed by atoms with van der Waals surface area (Å²) in [4.78, 5) is 26.8. The number of nitrogens with zero attached hydrogens (tertiary/aromatic N) is 1. The van der Waals surface area contributed by atoms with Crippen LogP contribution in [-0.2, 0) is 4.74 Å². The highest BCUT2D eigenvalue weighted by Gasteiger charge is 2.33. The molecule has 0 aliphatic carbocycles. The first-order valence-corrected chi connectivity index (χ1v) is 9.48. The number of halogens is 1. The van der Waals surface area contributed by atoms with Crippen molar-refractivity contribution in [2.75, 3.05) is 26.3 Å². The molecular weight excluding hydrogens is 366 g/mol. The highest BCUT2D eigenvalue weighted by atomic mass is 35.5. The summed E-state index contributed by atoms with van der Waals surface area (Å²) in [7, 11) is 0. The van der Waals surface area contributed by atoms with E-state index in [-0.39, 0.29) is 11.7 Å². The van der Waals surface area contributed by atoms with Crippen LogP contribution in [0.25, 0.3) is 11.1 Å². The maximum Gasteiger partial charge on any atom is 0.254 e. The number of amides is 1. The first-order valence-electron chi connectivity index (χ1n) is 9.10. The molecule has 0 saturated carbocycles. The van der Waals surface area contributed by atoms with Crippen LogP contribution in [0.4, 0.5) is 0 Å². The standard InChI is InChI=1S/C21H20ClNO4/c1-2-18-19(24)16-11-15(12-17(22)20(16)27-18)13-3-5-14(6-4-13)21(25)23-7-9-26-10-8-23/h3-6,11-12,18H,2,7-10H2,1H3. The largest absolute Gasteiger partial charge is 0.480 e. The van der Waals surface area contributed by atoms with Gasteiger partial charge in [0.1, 0.15) is 5.75 Å². The summed E-state index contributed by atoms with van der Waals surface area (Å²) in [6, 6.07) is 11.0.